The van der Waals surface area contributed by atoms with Gasteiger partial charge in [0.15, 0.2) is 0 Å². The first-order valence-corrected chi connectivity index (χ1v) is 6.32. The second-order valence-corrected chi connectivity index (χ2v) is 4.63. The minimum atomic E-state index is -0.740. The number of nitrogens with zero attached hydrogens (tertiary/aromatic N) is 2. The fourth-order valence-electron chi connectivity index (χ4n) is 2.04. The van der Waals surface area contributed by atoms with Crippen molar-refractivity contribution in [1.82, 2.24) is 0 Å². The third-order valence-electron chi connectivity index (χ3n) is 3.12. The third-order valence-corrected chi connectivity index (χ3v) is 3.12. The lowest BCUT2D eigenvalue weighted by Gasteiger charge is -2.16. The van der Waals surface area contributed by atoms with Gasteiger partial charge in [-0.25, -0.2) is 8.78 Å². The summed E-state index contributed by atoms with van der Waals surface area (Å²) in [6.45, 7) is 1.60. The van der Waals surface area contributed by atoms with E-state index in [9.17, 15) is 18.9 Å². The van der Waals surface area contributed by atoms with E-state index in [2.05, 4.69) is 5.32 Å². The van der Waals surface area contributed by atoms with Gasteiger partial charge in [0.25, 0.3) is 5.69 Å². The van der Waals surface area contributed by atoms with Crippen LogP contribution in [-0.2, 0) is 0 Å². The van der Waals surface area contributed by atoms with Gasteiger partial charge >= 0.3 is 0 Å². The lowest BCUT2D eigenvalue weighted by molar-refractivity contribution is -0.384. The summed E-state index contributed by atoms with van der Waals surface area (Å²) in [5, 5.41) is 22.6. The van der Waals surface area contributed by atoms with Crippen molar-refractivity contribution in [2.24, 2.45) is 0 Å². The number of nitro benzene ring substituents is 1. The van der Waals surface area contributed by atoms with Crippen LogP contribution in [-0.4, -0.2) is 4.92 Å². The van der Waals surface area contributed by atoms with Crippen LogP contribution in [0.5, 0.6) is 0 Å². The zero-order valence-corrected chi connectivity index (χ0v) is 11.5. The summed E-state index contributed by atoms with van der Waals surface area (Å²) in [7, 11) is 0. The molecule has 0 spiro atoms. The van der Waals surface area contributed by atoms with Crippen LogP contribution in [0, 0.1) is 33.1 Å². The number of halogens is 2. The first kappa shape index (κ1) is 15.4. The number of nitrogens with one attached hydrogen (secondary N) is 1. The molecule has 0 radical (unpaired) electrons. The summed E-state index contributed by atoms with van der Waals surface area (Å²) >= 11 is 0. The normalized spacial score (nSPS) is 11.5. The predicted molar refractivity (Wildman–Crippen MR) is 76.2 cm³/mol. The molecule has 7 heteroatoms. The van der Waals surface area contributed by atoms with E-state index in [1.807, 2.05) is 6.07 Å². The molecule has 0 fully saturated rings. The lowest BCUT2D eigenvalue weighted by atomic mass is 10.1. The molecule has 0 saturated heterocycles. The van der Waals surface area contributed by atoms with E-state index in [1.54, 1.807) is 6.92 Å². The monoisotopic (exact) mass is 303 g/mol. The van der Waals surface area contributed by atoms with Crippen molar-refractivity contribution < 1.29 is 13.7 Å². The minimum Gasteiger partial charge on any atom is -0.373 e. The fourth-order valence-corrected chi connectivity index (χ4v) is 2.04. The van der Waals surface area contributed by atoms with E-state index in [0.717, 1.165) is 18.2 Å². The molecule has 0 aliphatic rings. The summed E-state index contributed by atoms with van der Waals surface area (Å²) < 4.78 is 26.6. The molecule has 2 rings (SSSR count). The van der Waals surface area contributed by atoms with Gasteiger partial charge in [-0.2, -0.15) is 5.26 Å². The molecule has 5 nitrogen and oxygen atoms in total. The van der Waals surface area contributed by atoms with Gasteiger partial charge in [-0.1, -0.05) is 6.07 Å². The van der Waals surface area contributed by atoms with Crippen molar-refractivity contribution in [2.75, 3.05) is 5.32 Å². The van der Waals surface area contributed by atoms with Gasteiger partial charge in [0.2, 0.25) is 0 Å². The molecule has 0 heterocycles. The molecule has 0 aliphatic heterocycles. The number of rotatable bonds is 4. The largest absolute Gasteiger partial charge is 0.373 e. The SMILES string of the molecule is CC(Nc1ccc(C#N)cc1[N+](=O)[O-])c1ccc(F)cc1F. The fraction of sp³-hybridized carbons (Fsp3) is 0.133. The van der Waals surface area contributed by atoms with E-state index >= 15 is 0 Å². The van der Waals surface area contributed by atoms with Crippen LogP contribution in [0.4, 0.5) is 20.2 Å². The Morgan fingerprint density at radius 2 is 2.00 bits per heavy atom. The molecule has 1 atom stereocenters. The average molecular weight is 303 g/mol. The van der Waals surface area contributed by atoms with Gasteiger partial charge in [0, 0.05) is 17.7 Å². The molecule has 2 aromatic rings. The van der Waals surface area contributed by atoms with E-state index in [0.29, 0.717) is 0 Å². The first-order valence-electron chi connectivity index (χ1n) is 6.32. The molecule has 0 amide bonds. The lowest BCUT2D eigenvalue weighted by Crippen LogP contribution is -2.10. The Hall–Kier alpha value is -3.01. The van der Waals surface area contributed by atoms with Gasteiger partial charge in [0.1, 0.15) is 17.3 Å². The highest BCUT2D eigenvalue weighted by Gasteiger charge is 2.18. The molecule has 1 N–H and O–H groups in total. The number of nitro groups is 1. The second kappa shape index (κ2) is 6.18. The van der Waals surface area contributed by atoms with Gasteiger partial charge < -0.3 is 5.32 Å². The second-order valence-electron chi connectivity index (χ2n) is 4.63. The van der Waals surface area contributed by atoms with Crippen LogP contribution >= 0.6 is 0 Å². The maximum absolute atomic E-state index is 13.7. The number of nitriles is 1. The topological polar surface area (TPSA) is 79.0 Å². The Labute approximate surface area is 125 Å². The highest BCUT2D eigenvalue weighted by Crippen LogP contribution is 2.30. The number of hydrogen-bond donors (Lipinski definition) is 1. The van der Waals surface area contributed by atoms with Crippen molar-refractivity contribution in [3.05, 3.63) is 69.3 Å². The summed E-state index contributed by atoms with van der Waals surface area (Å²) in [5.74, 6) is -1.44. The van der Waals surface area contributed by atoms with Crippen molar-refractivity contribution in [3.63, 3.8) is 0 Å². The number of hydrogen-bond acceptors (Lipinski definition) is 4. The highest BCUT2D eigenvalue weighted by atomic mass is 19.1. The van der Waals surface area contributed by atoms with E-state index < -0.39 is 22.6 Å². The molecule has 0 saturated carbocycles. The molecule has 0 bridgehead atoms. The molecule has 0 aromatic heterocycles. The zero-order chi connectivity index (χ0) is 16.3. The molecular weight excluding hydrogens is 292 g/mol. The minimum absolute atomic E-state index is 0.151. The standard InChI is InChI=1S/C15H11F2N3O2/c1-9(12-4-3-11(16)7-13(12)17)19-14-5-2-10(8-18)6-15(14)20(21)22/h2-7,9,19H,1H3. The smallest absolute Gasteiger partial charge is 0.293 e. The van der Waals surface area contributed by atoms with Crippen LogP contribution < -0.4 is 5.32 Å². The van der Waals surface area contributed by atoms with Gasteiger partial charge in [0.05, 0.1) is 22.6 Å². The predicted octanol–water partition coefficient (Wildman–Crippen LogP) is 3.92. The van der Waals surface area contributed by atoms with Crippen LogP contribution in [0.3, 0.4) is 0 Å². The zero-order valence-electron chi connectivity index (χ0n) is 11.5. The summed E-state index contributed by atoms with van der Waals surface area (Å²) in [4.78, 5) is 10.4. The summed E-state index contributed by atoms with van der Waals surface area (Å²) in [5.41, 5.74) is 0.201. The highest BCUT2D eigenvalue weighted by molar-refractivity contribution is 5.64. The van der Waals surface area contributed by atoms with Crippen LogP contribution in [0.1, 0.15) is 24.1 Å². The first-order chi connectivity index (χ1) is 10.4. The van der Waals surface area contributed by atoms with E-state index in [-0.39, 0.29) is 22.5 Å². The quantitative estimate of drug-likeness (QED) is 0.686. The van der Waals surface area contributed by atoms with Crippen molar-refractivity contribution in [1.29, 1.82) is 5.26 Å². The number of anilines is 1. The molecular formula is C15H11F2N3O2. The van der Waals surface area contributed by atoms with Crippen molar-refractivity contribution >= 4 is 11.4 Å². The third kappa shape index (κ3) is 3.17. The molecule has 112 valence electrons. The van der Waals surface area contributed by atoms with Gasteiger partial charge in [-0.3, -0.25) is 10.1 Å². The molecule has 0 aliphatic carbocycles. The molecule has 22 heavy (non-hydrogen) atoms. The molecule has 1 unspecified atom stereocenters. The van der Waals surface area contributed by atoms with Crippen molar-refractivity contribution in [2.45, 2.75) is 13.0 Å². The summed E-state index contributed by atoms with van der Waals surface area (Å²) in [6, 6.07) is 8.28. The number of benzene rings is 2. The van der Waals surface area contributed by atoms with E-state index in [1.165, 1.54) is 18.2 Å². The Balaban J connectivity index is 2.34. The Morgan fingerprint density at radius 1 is 1.27 bits per heavy atom. The van der Waals surface area contributed by atoms with Gasteiger partial charge in [-0.15, -0.1) is 0 Å². The Morgan fingerprint density at radius 3 is 2.59 bits per heavy atom. The molecule has 2 aromatic carbocycles. The van der Waals surface area contributed by atoms with Crippen molar-refractivity contribution in [3.8, 4) is 6.07 Å². The maximum Gasteiger partial charge on any atom is 0.293 e. The Kier molecular flexibility index (Phi) is 4.32. The van der Waals surface area contributed by atoms with E-state index in [4.69, 9.17) is 5.26 Å². The van der Waals surface area contributed by atoms with Crippen LogP contribution in [0.2, 0.25) is 0 Å². The van der Waals surface area contributed by atoms with Gasteiger partial charge in [-0.05, 0) is 25.1 Å². The Bertz CT molecular complexity index is 772. The van der Waals surface area contributed by atoms with Crippen LogP contribution in [0.25, 0.3) is 0 Å². The van der Waals surface area contributed by atoms with Crippen LogP contribution in [0.15, 0.2) is 36.4 Å². The average Bonchev–Trinajstić information content (AvgIpc) is 2.47. The summed E-state index contributed by atoms with van der Waals surface area (Å²) in [6.07, 6.45) is 0. The maximum atomic E-state index is 13.7.